The van der Waals surface area contributed by atoms with E-state index in [1.54, 1.807) is 6.07 Å². The monoisotopic (exact) mass is 292 g/mol. The Bertz CT molecular complexity index is 596. The molecule has 0 radical (unpaired) electrons. The maximum atomic E-state index is 6.18. The minimum atomic E-state index is -0.0119. The summed E-state index contributed by atoms with van der Waals surface area (Å²) in [7, 11) is 0. The number of nitrogens with two attached hydrogens (primary N) is 1. The Morgan fingerprint density at radius 2 is 2.05 bits per heavy atom. The molecule has 1 heterocycles. The lowest BCUT2D eigenvalue weighted by Gasteiger charge is -2.15. The van der Waals surface area contributed by atoms with Gasteiger partial charge in [-0.05, 0) is 32.4 Å². The fraction of sp³-hybridized carbons (Fsp3) is 0.286. The van der Waals surface area contributed by atoms with Gasteiger partial charge in [-0.2, -0.15) is 4.98 Å². The molecule has 0 aliphatic rings. The van der Waals surface area contributed by atoms with E-state index in [2.05, 4.69) is 15.3 Å². The van der Waals surface area contributed by atoms with Crippen LogP contribution in [-0.2, 0) is 0 Å². The standard InChI is InChI=1S/C14H17ClN4O/c1-8(2)20-14-11(16)13(17-7-18-14)19-12-9(3)5-4-6-10(12)15/h4-8H,16H2,1-3H3,(H,17,18,19). The van der Waals surface area contributed by atoms with Crippen molar-refractivity contribution in [2.75, 3.05) is 11.1 Å². The second-order valence-electron chi connectivity index (χ2n) is 4.66. The Balaban J connectivity index is 2.35. The van der Waals surface area contributed by atoms with Crippen LogP contribution in [0, 0.1) is 6.92 Å². The molecule has 2 aromatic rings. The van der Waals surface area contributed by atoms with Crippen molar-refractivity contribution in [3.05, 3.63) is 35.1 Å². The van der Waals surface area contributed by atoms with Gasteiger partial charge in [0.15, 0.2) is 5.82 Å². The van der Waals surface area contributed by atoms with Gasteiger partial charge < -0.3 is 15.8 Å². The van der Waals surface area contributed by atoms with Crippen molar-refractivity contribution in [3.8, 4) is 5.88 Å². The summed E-state index contributed by atoms with van der Waals surface area (Å²) >= 11 is 6.18. The van der Waals surface area contributed by atoms with Crippen LogP contribution in [0.3, 0.4) is 0 Å². The van der Waals surface area contributed by atoms with E-state index in [4.69, 9.17) is 22.1 Å². The molecule has 0 atom stereocenters. The smallest absolute Gasteiger partial charge is 0.242 e. The first-order chi connectivity index (χ1) is 9.49. The Morgan fingerprint density at radius 1 is 1.30 bits per heavy atom. The Kier molecular flexibility index (Phi) is 4.29. The summed E-state index contributed by atoms with van der Waals surface area (Å²) < 4.78 is 5.53. The fourth-order valence-electron chi connectivity index (χ4n) is 1.70. The molecule has 0 saturated heterocycles. The summed E-state index contributed by atoms with van der Waals surface area (Å²) in [5.41, 5.74) is 8.16. The fourth-order valence-corrected chi connectivity index (χ4v) is 1.97. The Hall–Kier alpha value is -2.01. The Morgan fingerprint density at radius 3 is 2.70 bits per heavy atom. The van der Waals surface area contributed by atoms with E-state index in [0.717, 1.165) is 11.3 Å². The first kappa shape index (κ1) is 14.4. The van der Waals surface area contributed by atoms with Crippen LogP contribution in [0.4, 0.5) is 17.2 Å². The topological polar surface area (TPSA) is 73.1 Å². The van der Waals surface area contributed by atoms with Crippen LogP contribution in [-0.4, -0.2) is 16.1 Å². The molecule has 0 saturated carbocycles. The lowest BCUT2D eigenvalue weighted by atomic mass is 10.2. The van der Waals surface area contributed by atoms with Gasteiger partial charge in [-0.15, -0.1) is 0 Å². The third-order valence-corrected chi connectivity index (χ3v) is 2.98. The summed E-state index contributed by atoms with van der Waals surface area (Å²) in [6, 6.07) is 5.65. The van der Waals surface area contributed by atoms with Crippen LogP contribution < -0.4 is 15.8 Å². The number of para-hydroxylation sites is 1. The van der Waals surface area contributed by atoms with Crippen molar-refractivity contribution < 1.29 is 4.74 Å². The predicted molar refractivity (Wildman–Crippen MR) is 81.7 cm³/mol. The molecule has 20 heavy (non-hydrogen) atoms. The molecule has 0 unspecified atom stereocenters. The van der Waals surface area contributed by atoms with Crippen molar-refractivity contribution >= 4 is 28.8 Å². The zero-order chi connectivity index (χ0) is 14.7. The highest BCUT2D eigenvalue weighted by Gasteiger charge is 2.13. The van der Waals surface area contributed by atoms with E-state index >= 15 is 0 Å². The minimum Gasteiger partial charge on any atom is -0.473 e. The molecule has 0 bridgehead atoms. The van der Waals surface area contributed by atoms with Crippen LogP contribution in [0.1, 0.15) is 19.4 Å². The molecule has 6 heteroatoms. The van der Waals surface area contributed by atoms with E-state index in [9.17, 15) is 0 Å². The molecule has 2 rings (SSSR count). The largest absolute Gasteiger partial charge is 0.473 e. The molecular formula is C14H17ClN4O. The third kappa shape index (κ3) is 3.11. The summed E-state index contributed by atoms with van der Waals surface area (Å²) in [5, 5.41) is 3.74. The highest BCUT2D eigenvalue weighted by atomic mass is 35.5. The van der Waals surface area contributed by atoms with E-state index < -0.39 is 0 Å². The van der Waals surface area contributed by atoms with E-state index in [1.165, 1.54) is 6.33 Å². The maximum absolute atomic E-state index is 6.18. The maximum Gasteiger partial charge on any atom is 0.242 e. The average Bonchev–Trinajstić information content (AvgIpc) is 2.37. The quantitative estimate of drug-likeness (QED) is 0.901. The van der Waals surface area contributed by atoms with Crippen LogP contribution in [0.25, 0.3) is 0 Å². The van der Waals surface area contributed by atoms with Gasteiger partial charge >= 0.3 is 0 Å². The van der Waals surface area contributed by atoms with Crippen LogP contribution in [0.5, 0.6) is 5.88 Å². The van der Waals surface area contributed by atoms with E-state index in [-0.39, 0.29) is 6.10 Å². The van der Waals surface area contributed by atoms with Gasteiger partial charge in [0.05, 0.1) is 16.8 Å². The average molecular weight is 293 g/mol. The van der Waals surface area contributed by atoms with Crippen molar-refractivity contribution in [1.82, 2.24) is 9.97 Å². The zero-order valence-corrected chi connectivity index (χ0v) is 12.4. The first-order valence-electron chi connectivity index (χ1n) is 6.28. The number of ether oxygens (including phenoxy) is 1. The number of hydrogen-bond acceptors (Lipinski definition) is 5. The van der Waals surface area contributed by atoms with Crippen molar-refractivity contribution in [1.29, 1.82) is 0 Å². The van der Waals surface area contributed by atoms with Crippen LogP contribution >= 0.6 is 11.6 Å². The number of halogens is 1. The highest BCUT2D eigenvalue weighted by Crippen LogP contribution is 2.32. The van der Waals surface area contributed by atoms with Crippen molar-refractivity contribution in [3.63, 3.8) is 0 Å². The lowest BCUT2D eigenvalue weighted by Crippen LogP contribution is -2.11. The molecular weight excluding hydrogens is 276 g/mol. The van der Waals surface area contributed by atoms with Crippen molar-refractivity contribution in [2.24, 2.45) is 0 Å². The molecule has 0 fully saturated rings. The number of benzene rings is 1. The van der Waals surface area contributed by atoms with E-state index in [1.807, 2.05) is 32.9 Å². The molecule has 0 aliphatic heterocycles. The third-order valence-electron chi connectivity index (χ3n) is 2.66. The molecule has 3 N–H and O–H groups in total. The van der Waals surface area contributed by atoms with Gasteiger partial charge in [-0.3, -0.25) is 0 Å². The Labute approximate surface area is 123 Å². The molecule has 0 spiro atoms. The SMILES string of the molecule is Cc1cccc(Cl)c1Nc1ncnc(OC(C)C)c1N. The minimum absolute atomic E-state index is 0.0119. The highest BCUT2D eigenvalue weighted by molar-refractivity contribution is 6.33. The van der Waals surface area contributed by atoms with Crippen molar-refractivity contribution in [2.45, 2.75) is 26.9 Å². The van der Waals surface area contributed by atoms with Gasteiger partial charge in [0.1, 0.15) is 12.0 Å². The summed E-state index contributed by atoms with van der Waals surface area (Å²) in [6.45, 7) is 5.77. The van der Waals surface area contributed by atoms with E-state index in [0.29, 0.717) is 22.4 Å². The van der Waals surface area contributed by atoms with Gasteiger partial charge in [-0.25, -0.2) is 4.98 Å². The summed E-state index contributed by atoms with van der Waals surface area (Å²) in [4.78, 5) is 8.17. The number of aromatic nitrogens is 2. The molecule has 106 valence electrons. The summed E-state index contributed by atoms with van der Waals surface area (Å²) in [6.07, 6.45) is 1.39. The van der Waals surface area contributed by atoms with Gasteiger partial charge in [-0.1, -0.05) is 23.7 Å². The predicted octanol–water partition coefficient (Wildman–Crippen LogP) is 3.55. The number of anilines is 3. The molecule has 1 aromatic carbocycles. The molecule has 5 nitrogen and oxygen atoms in total. The number of nitrogens with zero attached hydrogens (tertiary/aromatic N) is 2. The van der Waals surface area contributed by atoms with Crippen LogP contribution in [0.15, 0.2) is 24.5 Å². The number of aryl methyl sites for hydroxylation is 1. The number of nitrogen functional groups attached to an aromatic ring is 1. The molecule has 0 aliphatic carbocycles. The first-order valence-corrected chi connectivity index (χ1v) is 6.66. The van der Waals surface area contributed by atoms with Gasteiger partial charge in [0, 0.05) is 0 Å². The summed E-state index contributed by atoms with van der Waals surface area (Å²) in [5.74, 6) is 0.842. The lowest BCUT2D eigenvalue weighted by molar-refractivity contribution is 0.234. The number of nitrogens with one attached hydrogen (secondary N) is 1. The number of hydrogen-bond donors (Lipinski definition) is 2. The normalized spacial score (nSPS) is 10.7. The molecule has 1 aromatic heterocycles. The molecule has 0 amide bonds. The zero-order valence-electron chi connectivity index (χ0n) is 11.6. The second kappa shape index (κ2) is 5.96. The number of rotatable bonds is 4. The second-order valence-corrected chi connectivity index (χ2v) is 5.07. The van der Waals surface area contributed by atoms with Gasteiger partial charge in [0.2, 0.25) is 5.88 Å². The van der Waals surface area contributed by atoms with Crippen LogP contribution in [0.2, 0.25) is 5.02 Å². The van der Waals surface area contributed by atoms with Gasteiger partial charge in [0.25, 0.3) is 0 Å².